The van der Waals surface area contributed by atoms with E-state index in [0.29, 0.717) is 17.5 Å². The van der Waals surface area contributed by atoms with E-state index in [1.54, 1.807) is 12.4 Å². The Morgan fingerprint density at radius 3 is 2.71 bits per heavy atom. The molecule has 1 fully saturated rings. The van der Waals surface area contributed by atoms with E-state index in [-0.39, 0.29) is 6.04 Å². The number of anilines is 3. The number of hydrogen-bond acceptors (Lipinski definition) is 9. The predicted octanol–water partition coefficient (Wildman–Crippen LogP) is 3.52. The van der Waals surface area contributed by atoms with Crippen LogP contribution in [0.25, 0.3) is 11.4 Å². The zero-order valence-corrected chi connectivity index (χ0v) is 17.6. The molecule has 0 amide bonds. The van der Waals surface area contributed by atoms with Crippen LogP contribution in [0.1, 0.15) is 42.2 Å². The molecule has 158 valence electrons. The molecule has 4 aromatic heterocycles. The second kappa shape index (κ2) is 7.78. The second-order valence-corrected chi connectivity index (χ2v) is 7.56. The van der Waals surface area contributed by atoms with Crippen molar-refractivity contribution >= 4 is 17.6 Å². The highest BCUT2D eigenvalue weighted by molar-refractivity contribution is 5.58. The average Bonchev–Trinajstić information content (AvgIpc) is 3.36. The van der Waals surface area contributed by atoms with Gasteiger partial charge in [-0.15, -0.1) is 0 Å². The highest BCUT2D eigenvalue weighted by Crippen LogP contribution is 2.38. The van der Waals surface area contributed by atoms with Crippen molar-refractivity contribution in [3.8, 4) is 11.4 Å². The summed E-state index contributed by atoms with van der Waals surface area (Å²) in [7, 11) is 0. The molecule has 0 spiro atoms. The van der Waals surface area contributed by atoms with Gasteiger partial charge in [0.2, 0.25) is 5.95 Å². The van der Waals surface area contributed by atoms with Crippen molar-refractivity contribution in [3.05, 3.63) is 53.4 Å². The molecule has 31 heavy (non-hydrogen) atoms. The van der Waals surface area contributed by atoms with E-state index in [1.165, 1.54) is 0 Å². The Labute approximate surface area is 179 Å². The van der Waals surface area contributed by atoms with Crippen molar-refractivity contribution in [2.45, 2.75) is 39.7 Å². The maximum absolute atomic E-state index is 5.67. The smallest absolute Gasteiger partial charge is 0.228 e. The largest absolute Gasteiger partial charge is 0.358 e. The summed E-state index contributed by atoms with van der Waals surface area (Å²) in [5, 5.41) is 14.6. The van der Waals surface area contributed by atoms with Gasteiger partial charge in [-0.25, -0.2) is 4.98 Å². The lowest BCUT2D eigenvalue weighted by Crippen LogP contribution is -2.42. The summed E-state index contributed by atoms with van der Waals surface area (Å²) in [5.41, 5.74) is 4.17. The van der Waals surface area contributed by atoms with Gasteiger partial charge >= 0.3 is 0 Å². The molecule has 1 saturated heterocycles. The first-order valence-electron chi connectivity index (χ1n) is 10.3. The van der Waals surface area contributed by atoms with Crippen molar-refractivity contribution in [2.75, 3.05) is 16.8 Å². The fourth-order valence-corrected chi connectivity index (χ4v) is 3.61. The molecule has 1 aliphatic rings. The molecule has 5 rings (SSSR count). The fraction of sp³-hybridized carbons (Fsp3) is 0.333. The Morgan fingerprint density at radius 1 is 1.13 bits per heavy atom. The van der Waals surface area contributed by atoms with Crippen LogP contribution in [-0.2, 0) is 6.42 Å². The van der Waals surface area contributed by atoms with Gasteiger partial charge in [0.15, 0.2) is 11.6 Å². The van der Waals surface area contributed by atoms with Crippen molar-refractivity contribution < 1.29 is 4.52 Å². The lowest BCUT2D eigenvalue weighted by Gasteiger charge is -2.39. The minimum Gasteiger partial charge on any atom is -0.358 e. The highest BCUT2D eigenvalue weighted by Gasteiger charge is 2.35. The van der Waals surface area contributed by atoms with Crippen molar-refractivity contribution in [1.82, 2.24) is 35.3 Å². The average molecular weight is 417 g/mol. The van der Waals surface area contributed by atoms with Gasteiger partial charge in [0.1, 0.15) is 17.2 Å². The standard InChI is InChI=1S/C21H23N9O/c1-4-14-10-18(25-19-9-12(2)27-28-19)26-21(24-14)30-8-5-16(30)17-11-15(29-31-17)20-13(3)22-6-7-23-20/h6-7,9-11,16H,4-5,8H2,1-3H3,(H2,24,25,26,27,28). The van der Waals surface area contributed by atoms with Crippen molar-refractivity contribution in [1.29, 1.82) is 0 Å². The Balaban J connectivity index is 1.41. The monoisotopic (exact) mass is 417 g/mol. The van der Waals surface area contributed by atoms with Crippen LogP contribution in [0.4, 0.5) is 17.6 Å². The van der Waals surface area contributed by atoms with E-state index >= 15 is 0 Å². The number of rotatable bonds is 6. The number of nitrogens with one attached hydrogen (secondary N) is 2. The number of aryl methyl sites for hydroxylation is 3. The third-order valence-electron chi connectivity index (χ3n) is 5.35. The minimum absolute atomic E-state index is 0.0332. The van der Waals surface area contributed by atoms with E-state index in [9.17, 15) is 0 Å². The SMILES string of the molecule is CCc1cc(Nc2cc(C)[nH]n2)nc(N2CCC2c2cc(-c3nccnc3C)no2)n1. The molecule has 10 nitrogen and oxygen atoms in total. The van der Waals surface area contributed by atoms with Gasteiger partial charge in [-0.3, -0.25) is 15.1 Å². The molecule has 0 bridgehead atoms. The van der Waals surface area contributed by atoms with Crippen molar-refractivity contribution in [3.63, 3.8) is 0 Å². The van der Waals surface area contributed by atoms with E-state index in [0.717, 1.165) is 53.7 Å². The molecular weight excluding hydrogens is 394 g/mol. The molecule has 0 saturated carbocycles. The normalized spacial score (nSPS) is 15.7. The number of aromatic nitrogens is 7. The first kappa shape index (κ1) is 19.2. The van der Waals surface area contributed by atoms with E-state index < -0.39 is 0 Å². The van der Waals surface area contributed by atoms with Crippen LogP contribution in [0, 0.1) is 13.8 Å². The summed E-state index contributed by atoms with van der Waals surface area (Å²) in [6.07, 6.45) is 5.07. The summed E-state index contributed by atoms with van der Waals surface area (Å²) >= 11 is 0. The van der Waals surface area contributed by atoms with Gasteiger partial charge in [0.05, 0.1) is 11.7 Å². The topological polar surface area (TPSA) is 122 Å². The lowest BCUT2D eigenvalue weighted by molar-refractivity contribution is 0.315. The Morgan fingerprint density at radius 2 is 2.00 bits per heavy atom. The van der Waals surface area contributed by atoms with Gasteiger partial charge in [-0.2, -0.15) is 10.1 Å². The van der Waals surface area contributed by atoms with Crippen LogP contribution >= 0.6 is 0 Å². The minimum atomic E-state index is 0.0332. The van der Waals surface area contributed by atoms with Gasteiger partial charge in [0.25, 0.3) is 0 Å². The first-order valence-corrected chi connectivity index (χ1v) is 10.3. The highest BCUT2D eigenvalue weighted by atomic mass is 16.5. The molecular formula is C21H23N9O. The van der Waals surface area contributed by atoms with Crippen LogP contribution in [0.5, 0.6) is 0 Å². The summed E-state index contributed by atoms with van der Waals surface area (Å²) in [4.78, 5) is 20.3. The molecule has 4 aromatic rings. The van der Waals surface area contributed by atoms with Crippen molar-refractivity contribution in [2.24, 2.45) is 0 Å². The molecule has 0 aromatic carbocycles. The third-order valence-corrected chi connectivity index (χ3v) is 5.35. The molecule has 0 aliphatic carbocycles. The maximum Gasteiger partial charge on any atom is 0.228 e. The Hall–Kier alpha value is -3.82. The number of hydrogen-bond donors (Lipinski definition) is 2. The van der Waals surface area contributed by atoms with Gasteiger partial charge in [0, 0.05) is 48.5 Å². The predicted molar refractivity (Wildman–Crippen MR) is 115 cm³/mol. The summed E-state index contributed by atoms with van der Waals surface area (Å²) in [6, 6.07) is 5.85. The first-order chi connectivity index (χ1) is 15.1. The molecule has 0 radical (unpaired) electrons. The fourth-order valence-electron chi connectivity index (χ4n) is 3.61. The second-order valence-electron chi connectivity index (χ2n) is 7.56. The van der Waals surface area contributed by atoms with E-state index in [4.69, 9.17) is 14.5 Å². The lowest BCUT2D eigenvalue weighted by atomic mass is 10.0. The third kappa shape index (κ3) is 3.72. The molecule has 1 unspecified atom stereocenters. The van der Waals surface area contributed by atoms with Crippen LogP contribution < -0.4 is 10.2 Å². The summed E-state index contributed by atoms with van der Waals surface area (Å²) in [6.45, 7) is 6.79. The van der Waals surface area contributed by atoms with E-state index in [1.807, 2.05) is 32.0 Å². The number of aromatic amines is 1. The Bertz CT molecular complexity index is 1220. The maximum atomic E-state index is 5.67. The quantitative estimate of drug-likeness (QED) is 0.485. The van der Waals surface area contributed by atoms with Crippen LogP contribution in [-0.4, -0.2) is 41.8 Å². The van der Waals surface area contributed by atoms with Crippen LogP contribution in [0.15, 0.2) is 35.1 Å². The zero-order chi connectivity index (χ0) is 21.4. The zero-order valence-electron chi connectivity index (χ0n) is 17.6. The molecule has 1 aliphatic heterocycles. The molecule has 5 heterocycles. The molecule has 10 heteroatoms. The summed E-state index contributed by atoms with van der Waals surface area (Å²) < 4.78 is 5.67. The van der Waals surface area contributed by atoms with Gasteiger partial charge in [-0.05, 0) is 26.7 Å². The summed E-state index contributed by atoms with van der Waals surface area (Å²) in [5.74, 6) is 2.88. The number of H-pyrrole nitrogens is 1. The molecule has 2 N–H and O–H groups in total. The Kier molecular flexibility index (Phi) is 4.81. The van der Waals surface area contributed by atoms with E-state index in [2.05, 4.69) is 42.5 Å². The van der Waals surface area contributed by atoms with Gasteiger partial charge < -0.3 is 14.7 Å². The molecule has 1 atom stereocenters. The number of nitrogens with zero attached hydrogens (tertiary/aromatic N) is 7. The van der Waals surface area contributed by atoms with Gasteiger partial charge in [-0.1, -0.05) is 12.1 Å². The van der Waals surface area contributed by atoms with Crippen LogP contribution in [0.3, 0.4) is 0 Å². The van der Waals surface area contributed by atoms with Crippen LogP contribution in [0.2, 0.25) is 0 Å².